The lowest BCUT2D eigenvalue weighted by Crippen LogP contribution is -2.35. The second kappa shape index (κ2) is 4.84. The lowest BCUT2D eigenvalue weighted by atomic mass is 9.86. The van der Waals surface area contributed by atoms with Gasteiger partial charge in [-0.25, -0.2) is 0 Å². The predicted octanol–water partition coefficient (Wildman–Crippen LogP) is 2.09. The molecule has 0 aliphatic heterocycles. The summed E-state index contributed by atoms with van der Waals surface area (Å²) in [5, 5.41) is 0. The van der Waals surface area contributed by atoms with Crippen LogP contribution in [0.15, 0.2) is 0 Å². The van der Waals surface area contributed by atoms with E-state index >= 15 is 0 Å². The molecular formula is C13H26N2. The third-order valence-corrected chi connectivity index (χ3v) is 4.22. The largest absolute Gasteiger partial charge is 0.328 e. The molecule has 0 radical (unpaired) electrons. The highest BCUT2D eigenvalue weighted by molar-refractivity contribution is 4.85. The fraction of sp³-hybridized carbons (Fsp3) is 1.00. The molecule has 2 aliphatic carbocycles. The second-order valence-corrected chi connectivity index (χ2v) is 5.99. The van der Waals surface area contributed by atoms with Crippen LogP contribution in [-0.2, 0) is 0 Å². The molecule has 2 heteroatoms. The van der Waals surface area contributed by atoms with Gasteiger partial charge in [0, 0.05) is 19.1 Å². The van der Waals surface area contributed by atoms with E-state index in [2.05, 4.69) is 18.9 Å². The fourth-order valence-electron chi connectivity index (χ4n) is 3.07. The van der Waals surface area contributed by atoms with Gasteiger partial charge in [0.15, 0.2) is 0 Å². The van der Waals surface area contributed by atoms with Gasteiger partial charge >= 0.3 is 0 Å². The van der Waals surface area contributed by atoms with Crippen LogP contribution in [0.25, 0.3) is 0 Å². The topological polar surface area (TPSA) is 29.3 Å². The molecule has 2 saturated carbocycles. The first-order valence-corrected chi connectivity index (χ1v) is 6.59. The van der Waals surface area contributed by atoms with Gasteiger partial charge in [-0.1, -0.05) is 13.3 Å². The molecule has 88 valence electrons. The maximum Gasteiger partial charge on any atom is 0.00419 e. The van der Waals surface area contributed by atoms with Gasteiger partial charge in [0.2, 0.25) is 0 Å². The van der Waals surface area contributed by atoms with Crippen LogP contribution in [0.5, 0.6) is 0 Å². The minimum absolute atomic E-state index is 0.483. The summed E-state index contributed by atoms with van der Waals surface area (Å²) in [6.45, 7) is 4.96. The van der Waals surface area contributed by atoms with E-state index in [4.69, 9.17) is 5.73 Å². The first kappa shape index (κ1) is 11.4. The Morgan fingerprint density at radius 2 is 1.93 bits per heavy atom. The molecular weight excluding hydrogens is 184 g/mol. The normalized spacial score (nSPS) is 40.8. The van der Waals surface area contributed by atoms with Gasteiger partial charge in [-0.3, -0.25) is 0 Å². The average Bonchev–Trinajstić information content (AvgIpc) is 2.81. The van der Waals surface area contributed by atoms with Gasteiger partial charge in [-0.15, -0.1) is 0 Å². The summed E-state index contributed by atoms with van der Waals surface area (Å²) in [5.74, 6) is 2.85. The maximum atomic E-state index is 6.02. The molecule has 0 aromatic heterocycles. The zero-order valence-electron chi connectivity index (χ0n) is 10.3. The van der Waals surface area contributed by atoms with Crippen molar-refractivity contribution in [2.24, 2.45) is 23.5 Å². The van der Waals surface area contributed by atoms with Crippen LogP contribution >= 0.6 is 0 Å². The van der Waals surface area contributed by atoms with Crippen LogP contribution in [0.1, 0.15) is 39.0 Å². The van der Waals surface area contributed by atoms with Crippen molar-refractivity contribution in [3.05, 3.63) is 0 Å². The molecule has 4 atom stereocenters. The summed E-state index contributed by atoms with van der Waals surface area (Å²) < 4.78 is 0. The maximum absolute atomic E-state index is 6.02. The second-order valence-electron chi connectivity index (χ2n) is 5.99. The van der Waals surface area contributed by atoms with Crippen LogP contribution in [0.2, 0.25) is 0 Å². The van der Waals surface area contributed by atoms with Crippen molar-refractivity contribution in [1.82, 2.24) is 4.90 Å². The Labute approximate surface area is 94.2 Å². The van der Waals surface area contributed by atoms with Crippen LogP contribution in [0.4, 0.5) is 0 Å². The number of nitrogens with zero attached hydrogens (tertiary/aromatic N) is 1. The Kier molecular flexibility index (Phi) is 3.68. The Morgan fingerprint density at radius 1 is 1.20 bits per heavy atom. The van der Waals surface area contributed by atoms with E-state index in [1.165, 1.54) is 45.2 Å². The van der Waals surface area contributed by atoms with Crippen molar-refractivity contribution in [2.45, 2.75) is 45.1 Å². The van der Waals surface area contributed by atoms with Gasteiger partial charge in [0.25, 0.3) is 0 Å². The highest BCUT2D eigenvalue weighted by Crippen LogP contribution is 2.38. The van der Waals surface area contributed by atoms with Gasteiger partial charge < -0.3 is 10.6 Å². The minimum Gasteiger partial charge on any atom is -0.328 e. The van der Waals surface area contributed by atoms with E-state index < -0.39 is 0 Å². The van der Waals surface area contributed by atoms with E-state index in [0.717, 1.165) is 17.8 Å². The summed E-state index contributed by atoms with van der Waals surface area (Å²) >= 11 is 0. The molecule has 0 aromatic carbocycles. The Balaban J connectivity index is 1.66. The van der Waals surface area contributed by atoms with Crippen molar-refractivity contribution >= 4 is 0 Å². The first-order chi connectivity index (χ1) is 7.15. The number of nitrogens with two attached hydrogens (primary N) is 1. The van der Waals surface area contributed by atoms with Crippen molar-refractivity contribution in [3.8, 4) is 0 Å². The average molecular weight is 210 g/mol. The lowest BCUT2D eigenvalue weighted by molar-refractivity contribution is 0.214. The van der Waals surface area contributed by atoms with E-state index in [1.54, 1.807) is 0 Å². The number of hydrogen-bond donors (Lipinski definition) is 1. The highest BCUT2D eigenvalue weighted by Gasteiger charge is 2.33. The monoisotopic (exact) mass is 210 g/mol. The SMILES string of the molecule is CC1CC1CN(C)CC1CCCC(N)C1. The van der Waals surface area contributed by atoms with E-state index in [-0.39, 0.29) is 0 Å². The highest BCUT2D eigenvalue weighted by atomic mass is 15.1. The molecule has 2 N–H and O–H groups in total. The van der Waals surface area contributed by atoms with E-state index in [0.29, 0.717) is 6.04 Å². The van der Waals surface area contributed by atoms with Crippen LogP contribution in [0.3, 0.4) is 0 Å². The van der Waals surface area contributed by atoms with E-state index in [9.17, 15) is 0 Å². The van der Waals surface area contributed by atoms with Gasteiger partial charge in [0.05, 0.1) is 0 Å². The van der Waals surface area contributed by atoms with Gasteiger partial charge in [-0.05, 0) is 50.5 Å². The standard InChI is InChI=1S/C13H26N2/c1-10-6-12(10)9-15(2)8-11-4-3-5-13(14)7-11/h10-13H,3-9,14H2,1-2H3. The van der Waals surface area contributed by atoms with E-state index in [1.807, 2.05) is 0 Å². The number of rotatable bonds is 4. The Bertz CT molecular complexity index is 205. The molecule has 0 spiro atoms. The van der Waals surface area contributed by atoms with Crippen LogP contribution < -0.4 is 5.73 Å². The third kappa shape index (κ3) is 3.46. The fourth-order valence-corrected chi connectivity index (χ4v) is 3.07. The summed E-state index contributed by atoms with van der Waals surface area (Å²) in [7, 11) is 2.28. The summed E-state index contributed by atoms with van der Waals surface area (Å²) in [6, 6.07) is 0.483. The van der Waals surface area contributed by atoms with Crippen molar-refractivity contribution < 1.29 is 0 Å². The zero-order valence-corrected chi connectivity index (χ0v) is 10.3. The molecule has 0 amide bonds. The van der Waals surface area contributed by atoms with Gasteiger partial charge in [-0.2, -0.15) is 0 Å². The molecule has 2 rings (SSSR count). The van der Waals surface area contributed by atoms with Crippen LogP contribution in [0, 0.1) is 17.8 Å². The van der Waals surface area contributed by atoms with Crippen molar-refractivity contribution in [3.63, 3.8) is 0 Å². The molecule has 0 bridgehead atoms. The molecule has 2 aliphatic rings. The quantitative estimate of drug-likeness (QED) is 0.770. The zero-order chi connectivity index (χ0) is 10.8. The van der Waals surface area contributed by atoms with Crippen molar-refractivity contribution in [1.29, 1.82) is 0 Å². The molecule has 0 heterocycles. The molecule has 2 nitrogen and oxygen atoms in total. The van der Waals surface area contributed by atoms with Crippen molar-refractivity contribution in [2.75, 3.05) is 20.1 Å². The third-order valence-electron chi connectivity index (χ3n) is 4.22. The lowest BCUT2D eigenvalue weighted by Gasteiger charge is -2.30. The summed E-state index contributed by atoms with van der Waals surface area (Å²) in [4.78, 5) is 2.54. The first-order valence-electron chi connectivity index (χ1n) is 6.59. The molecule has 0 aromatic rings. The Morgan fingerprint density at radius 3 is 2.53 bits per heavy atom. The Hall–Kier alpha value is -0.0800. The van der Waals surface area contributed by atoms with Gasteiger partial charge in [0.1, 0.15) is 0 Å². The minimum atomic E-state index is 0.483. The predicted molar refractivity (Wildman–Crippen MR) is 64.7 cm³/mol. The summed E-state index contributed by atoms with van der Waals surface area (Å²) in [6.07, 6.45) is 6.71. The summed E-state index contributed by atoms with van der Waals surface area (Å²) in [5.41, 5.74) is 6.02. The van der Waals surface area contributed by atoms with Crippen LogP contribution in [-0.4, -0.2) is 31.1 Å². The molecule has 4 unspecified atom stereocenters. The smallest absolute Gasteiger partial charge is 0.00419 e. The molecule has 0 saturated heterocycles. The molecule has 2 fully saturated rings. The number of hydrogen-bond acceptors (Lipinski definition) is 2. The molecule has 15 heavy (non-hydrogen) atoms.